The van der Waals surface area contributed by atoms with Crippen molar-refractivity contribution in [2.24, 2.45) is 0 Å². The highest BCUT2D eigenvalue weighted by Crippen LogP contribution is 2.25. The van der Waals surface area contributed by atoms with E-state index in [1.165, 1.54) is 42.5 Å². The molecule has 1 atom stereocenters. The molecular formula is C20H20FNO5S. The summed E-state index contributed by atoms with van der Waals surface area (Å²) in [5.41, 5.74) is 0.886. The van der Waals surface area contributed by atoms with Crippen molar-refractivity contribution in [2.75, 3.05) is 6.26 Å². The predicted molar refractivity (Wildman–Crippen MR) is 100 cm³/mol. The molecule has 1 unspecified atom stereocenters. The Morgan fingerprint density at radius 1 is 1.14 bits per heavy atom. The number of amides is 1. The lowest BCUT2D eigenvalue weighted by atomic mass is 10.1. The van der Waals surface area contributed by atoms with E-state index in [0.717, 1.165) is 19.1 Å². The van der Waals surface area contributed by atoms with Gasteiger partial charge in [0, 0.05) is 17.9 Å². The van der Waals surface area contributed by atoms with Crippen LogP contribution >= 0.6 is 0 Å². The Morgan fingerprint density at radius 2 is 1.79 bits per heavy atom. The average Bonchev–Trinajstić information content (AvgIpc) is 3.43. The van der Waals surface area contributed by atoms with Crippen LogP contribution in [0.1, 0.15) is 40.4 Å². The molecule has 1 saturated carbocycles. The second-order valence-electron chi connectivity index (χ2n) is 6.87. The highest BCUT2D eigenvalue weighted by Gasteiger charge is 2.31. The van der Waals surface area contributed by atoms with Crippen LogP contribution in [0.3, 0.4) is 0 Å². The van der Waals surface area contributed by atoms with Gasteiger partial charge in [0.05, 0.1) is 10.5 Å². The highest BCUT2D eigenvalue weighted by molar-refractivity contribution is 7.90. The van der Waals surface area contributed by atoms with Crippen LogP contribution in [-0.4, -0.2) is 32.6 Å². The van der Waals surface area contributed by atoms with E-state index in [-0.39, 0.29) is 16.5 Å². The number of sulfone groups is 1. The largest absolute Gasteiger partial charge is 0.444 e. The standard InChI is InChI=1S/C20H20FNO5S/c1-12-3-10-16(28(2,25)26)11-17(12)20(24)27-18(19(23)22-15-8-9-15)13-4-6-14(21)7-5-13/h3-7,10-11,15,18H,8-9H2,1-2H3,(H,22,23). The molecule has 1 aliphatic carbocycles. The van der Waals surface area contributed by atoms with Crippen LogP contribution in [0.5, 0.6) is 0 Å². The molecule has 1 amide bonds. The van der Waals surface area contributed by atoms with Crippen LogP contribution in [-0.2, 0) is 19.4 Å². The second-order valence-corrected chi connectivity index (χ2v) is 8.88. The fourth-order valence-electron chi connectivity index (χ4n) is 2.64. The number of halogens is 1. The minimum Gasteiger partial charge on any atom is -0.444 e. The molecule has 3 rings (SSSR count). The third-order valence-electron chi connectivity index (χ3n) is 4.42. The number of hydrogen-bond donors (Lipinski definition) is 1. The van der Waals surface area contributed by atoms with E-state index < -0.39 is 33.6 Å². The van der Waals surface area contributed by atoms with Gasteiger partial charge < -0.3 is 10.1 Å². The molecule has 8 heteroatoms. The topological polar surface area (TPSA) is 89.5 Å². The van der Waals surface area contributed by atoms with Crippen molar-refractivity contribution in [3.8, 4) is 0 Å². The normalized spacial score (nSPS) is 15.0. The van der Waals surface area contributed by atoms with Gasteiger partial charge in [-0.15, -0.1) is 0 Å². The first kappa shape index (κ1) is 20.0. The van der Waals surface area contributed by atoms with E-state index >= 15 is 0 Å². The van der Waals surface area contributed by atoms with Crippen LogP contribution in [0.25, 0.3) is 0 Å². The quantitative estimate of drug-likeness (QED) is 0.747. The number of nitrogens with one attached hydrogen (secondary N) is 1. The Hall–Kier alpha value is -2.74. The number of carbonyl (C=O) groups excluding carboxylic acids is 2. The number of esters is 1. The van der Waals surface area contributed by atoms with Crippen molar-refractivity contribution >= 4 is 21.7 Å². The van der Waals surface area contributed by atoms with Gasteiger partial charge in [-0.25, -0.2) is 17.6 Å². The second kappa shape index (κ2) is 7.71. The fraction of sp³-hybridized carbons (Fsp3) is 0.300. The summed E-state index contributed by atoms with van der Waals surface area (Å²) in [5.74, 6) is -1.81. The van der Waals surface area contributed by atoms with Crippen LogP contribution in [0.15, 0.2) is 47.4 Å². The van der Waals surface area contributed by atoms with Gasteiger partial charge in [-0.1, -0.05) is 18.2 Å². The first-order chi connectivity index (χ1) is 13.1. The Balaban J connectivity index is 1.90. The van der Waals surface area contributed by atoms with Gasteiger partial charge >= 0.3 is 5.97 Å². The number of benzene rings is 2. The molecule has 2 aromatic rings. The fourth-order valence-corrected chi connectivity index (χ4v) is 3.28. The smallest absolute Gasteiger partial charge is 0.339 e. The monoisotopic (exact) mass is 405 g/mol. The lowest BCUT2D eigenvalue weighted by molar-refractivity contribution is -0.130. The average molecular weight is 405 g/mol. The Labute approximate surface area is 162 Å². The molecule has 0 heterocycles. The number of carbonyl (C=O) groups is 2. The first-order valence-electron chi connectivity index (χ1n) is 8.72. The van der Waals surface area contributed by atoms with Crippen molar-refractivity contribution < 1.29 is 27.1 Å². The van der Waals surface area contributed by atoms with Crippen molar-refractivity contribution in [1.29, 1.82) is 0 Å². The summed E-state index contributed by atoms with van der Waals surface area (Å²) < 4.78 is 42.2. The third-order valence-corrected chi connectivity index (χ3v) is 5.53. The van der Waals surface area contributed by atoms with E-state index in [1.807, 2.05) is 0 Å². The summed E-state index contributed by atoms with van der Waals surface area (Å²) in [6.07, 6.45) is 1.48. The lowest BCUT2D eigenvalue weighted by Gasteiger charge is -2.19. The zero-order valence-electron chi connectivity index (χ0n) is 15.4. The zero-order chi connectivity index (χ0) is 20.5. The molecule has 0 saturated heterocycles. The maximum atomic E-state index is 13.2. The van der Waals surface area contributed by atoms with E-state index in [0.29, 0.717) is 11.1 Å². The molecule has 1 N–H and O–H groups in total. The molecule has 1 fully saturated rings. The minimum absolute atomic E-state index is 0.0224. The maximum absolute atomic E-state index is 13.2. The van der Waals surface area contributed by atoms with Gasteiger partial charge in [-0.2, -0.15) is 0 Å². The first-order valence-corrected chi connectivity index (χ1v) is 10.6. The van der Waals surface area contributed by atoms with Crippen LogP contribution in [0, 0.1) is 12.7 Å². The number of hydrogen-bond acceptors (Lipinski definition) is 5. The Bertz CT molecular complexity index is 1010. The minimum atomic E-state index is -3.51. The molecule has 0 aromatic heterocycles. The molecule has 1 aliphatic rings. The lowest BCUT2D eigenvalue weighted by Crippen LogP contribution is -2.33. The van der Waals surface area contributed by atoms with Gasteiger partial charge in [-0.3, -0.25) is 4.79 Å². The SMILES string of the molecule is Cc1ccc(S(C)(=O)=O)cc1C(=O)OC(C(=O)NC1CC1)c1ccc(F)cc1. The molecule has 0 bridgehead atoms. The maximum Gasteiger partial charge on any atom is 0.339 e. The van der Waals surface area contributed by atoms with Crippen molar-refractivity contribution in [3.05, 3.63) is 65.0 Å². The molecule has 0 spiro atoms. The third kappa shape index (κ3) is 4.75. The van der Waals surface area contributed by atoms with Crippen LogP contribution in [0.4, 0.5) is 4.39 Å². The van der Waals surface area contributed by atoms with Crippen LogP contribution in [0.2, 0.25) is 0 Å². The number of aryl methyl sites for hydroxylation is 1. The summed E-state index contributed by atoms with van der Waals surface area (Å²) in [6, 6.07) is 9.28. The highest BCUT2D eigenvalue weighted by atomic mass is 32.2. The van der Waals surface area contributed by atoms with Gasteiger partial charge in [0.1, 0.15) is 5.82 Å². The van der Waals surface area contributed by atoms with Gasteiger partial charge in [-0.05, 0) is 49.6 Å². The van der Waals surface area contributed by atoms with E-state index in [2.05, 4.69) is 5.32 Å². The van der Waals surface area contributed by atoms with Gasteiger partial charge in [0.25, 0.3) is 5.91 Å². The summed E-state index contributed by atoms with van der Waals surface area (Å²) in [4.78, 5) is 25.3. The predicted octanol–water partition coefficient (Wildman–Crippen LogP) is 2.71. The molecule has 28 heavy (non-hydrogen) atoms. The summed E-state index contributed by atoms with van der Waals surface area (Å²) in [6.45, 7) is 1.64. The number of rotatable bonds is 6. The van der Waals surface area contributed by atoms with Gasteiger partial charge in [0.2, 0.25) is 6.10 Å². The van der Waals surface area contributed by atoms with Crippen molar-refractivity contribution in [1.82, 2.24) is 5.32 Å². The molecule has 6 nitrogen and oxygen atoms in total. The molecular weight excluding hydrogens is 385 g/mol. The van der Waals surface area contributed by atoms with Crippen LogP contribution < -0.4 is 5.32 Å². The van der Waals surface area contributed by atoms with Crippen molar-refractivity contribution in [3.63, 3.8) is 0 Å². The summed E-state index contributed by atoms with van der Waals surface area (Å²) in [5, 5.41) is 2.77. The molecule has 2 aromatic carbocycles. The molecule has 0 aliphatic heterocycles. The van der Waals surface area contributed by atoms with E-state index in [4.69, 9.17) is 4.74 Å². The summed E-state index contributed by atoms with van der Waals surface area (Å²) >= 11 is 0. The van der Waals surface area contributed by atoms with E-state index in [9.17, 15) is 22.4 Å². The molecule has 148 valence electrons. The van der Waals surface area contributed by atoms with E-state index in [1.54, 1.807) is 6.92 Å². The zero-order valence-corrected chi connectivity index (χ0v) is 16.3. The van der Waals surface area contributed by atoms with Crippen molar-refractivity contribution in [2.45, 2.75) is 36.8 Å². The molecule has 0 radical (unpaired) electrons. The Morgan fingerprint density at radius 3 is 2.36 bits per heavy atom. The number of ether oxygens (including phenoxy) is 1. The summed E-state index contributed by atoms with van der Waals surface area (Å²) in [7, 11) is -3.51. The van der Waals surface area contributed by atoms with Gasteiger partial charge in [0.15, 0.2) is 9.84 Å². The Kier molecular flexibility index (Phi) is 5.51.